The lowest BCUT2D eigenvalue weighted by molar-refractivity contribution is -0.114. The van der Waals surface area contributed by atoms with Crippen LogP contribution < -0.4 is 10.0 Å². The lowest BCUT2D eigenvalue weighted by Crippen LogP contribution is -2.15. The van der Waals surface area contributed by atoms with Gasteiger partial charge in [-0.25, -0.2) is 13.2 Å². The summed E-state index contributed by atoms with van der Waals surface area (Å²) in [6.45, 7) is 1.37. The number of carbonyl (C=O) groups is 2. The highest BCUT2D eigenvalue weighted by Crippen LogP contribution is 2.26. The summed E-state index contributed by atoms with van der Waals surface area (Å²) < 4.78 is 32.0. The van der Waals surface area contributed by atoms with Crippen molar-refractivity contribution in [3.05, 3.63) is 53.1 Å². The van der Waals surface area contributed by atoms with Crippen molar-refractivity contribution < 1.29 is 22.7 Å². The first-order valence-corrected chi connectivity index (χ1v) is 8.87. The van der Waals surface area contributed by atoms with E-state index >= 15 is 0 Å². The van der Waals surface area contributed by atoms with E-state index in [1.165, 1.54) is 38.3 Å². The SMILES string of the molecule is COC(=O)c1ccc(Cl)c(S(=O)(=O)Nc2ccc(NC(C)=O)cc2)c1. The van der Waals surface area contributed by atoms with Crippen LogP contribution in [0.3, 0.4) is 0 Å². The molecule has 2 aromatic carbocycles. The number of carbonyl (C=O) groups excluding carboxylic acids is 2. The molecule has 0 spiro atoms. The van der Waals surface area contributed by atoms with Crippen molar-refractivity contribution in [1.29, 1.82) is 0 Å². The molecule has 0 bridgehead atoms. The van der Waals surface area contributed by atoms with Gasteiger partial charge in [0, 0.05) is 18.3 Å². The fourth-order valence-electron chi connectivity index (χ4n) is 1.99. The number of ether oxygens (including phenoxy) is 1. The summed E-state index contributed by atoms with van der Waals surface area (Å²) in [5.74, 6) is -0.910. The van der Waals surface area contributed by atoms with Crippen molar-refractivity contribution >= 4 is 44.9 Å². The summed E-state index contributed by atoms with van der Waals surface area (Å²) >= 11 is 5.96. The molecule has 0 saturated carbocycles. The first-order chi connectivity index (χ1) is 11.7. The standard InChI is InChI=1S/C16H15ClN2O5S/c1-10(20)18-12-4-6-13(7-5-12)19-25(22,23)15-9-11(16(21)24-2)3-8-14(15)17/h3-9,19H,1-2H3,(H,18,20). The number of methoxy groups -OCH3 is 1. The van der Waals surface area contributed by atoms with E-state index in [0.29, 0.717) is 5.69 Å². The van der Waals surface area contributed by atoms with Gasteiger partial charge in [0.15, 0.2) is 0 Å². The Labute approximate surface area is 150 Å². The molecule has 9 heteroatoms. The third-order valence-electron chi connectivity index (χ3n) is 3.10. The summed E-state index contributed by atoms with van der Waals surface area (Å²) in [6.07, 6.45) is 0. The second-order valence-electron chi connectivity index (χ2n) is 5.00. The molecule has 2 rings (SSSR count). The average molecular weight is 383 g/mol. The zero-order chi connectivity index (χ0) is 18.6. The molecule has 1 amide bonds. The maximum atomic E-state index is 12.5. The minimum atomic E-state index is -4.02. The molecule has 25 heavy (non-hydrogen) atoms. The van der Waals surface area contributed by atoms with Crippen molar-refractivity contribution in [2.75, 3.05) is 17.1 Å². The highest BCUT2D eigenvalue weighted by atomic mass is 35.5. The van der Waals surface area contributed by atoms with Crippen LogP contribution in [-0.2, 0) is 19.6 Å². The molecule has 0 heterocycles. The van der Waals surface area contributed by atoms with Gasteiger partial charge in [-0.15, -0.1) is 0 Å². The Kier molecular flexibility index (Phi) is 5.66. The number of amides is 1. The number of sulfonamides is 1. The second-order valence-corrected chi connectivity index (χ2v) is 7.06. The van der Waals surface area contributed by atoms with Gasteiger partial charge < -0.3 is 10.1 Å². The van der Waals surface area contributed by atoms with E-state index in [1.807, 2.05) is 0 Å². The quantitative estimate of drug-likeness (QED) is 0.774. The number of halogens is 1. The molecule has 0 aliphatic heterocycles. The van der Waals surface area contributed by atoms with Crippen LogP contribution in [0.5, 0.6) is 0 Å². The third kappa shape index (κ3) is 4.71. The van der Waals surface area contributed by atoms with Crippen molar-refractivity contribution in [1.82, 2.24) is 0 Å². The van der Waals surface area contributed by atoms with E-state index in [-0.39, 0.29) is 27.1 Å². The summed E-state index contributed by atoms with van der Waals surface area (Å²) in [5.41, 5.74) is 0.864. The fraction of sp³-hybridized carbons (Fsp3) is 0.125. The van der Waals surface area contributed by atoms with Gasteiger partial charge in [-0.05, 0) is 42.5 Å². The van der Waals surface area contributed by atoms with Gasteiger partial charge in [-0.1, -0.05) is 11.6 Å². The van der Waals surface area contributed by atoms with Gasteiger partial charge in [-0.3, -0.25) is 9.52 Å². The normalized spacial score (nSPS) is 10.8. The first-order valence-electron chi connectivity index (χ1n) is 7.01. The van der Waals surface area contributed by atoms with Gasteiger partial charge in [0.1, 0.15) is 4.90 Å². The molecular weight excluding hydrogens is 368 g/mol. The predicted molar refractivity (Wildman–Crippen MR) is 94.3 cm³/mol. The number of hydrogen-bond donors (Lipinski definition) is 2. The molecule has 0 fully saturated rings. The molecule has 0 saturated heterocycles. The van der Waals surface area contributed by atoms with Gasteiger partial charge in [0.25, 0.3) is 10.0 Å². The minimum Gasteiger partial charge on any atom is -0.465 e. The van der Waals surface area contributed by atoms with E-state index < -0.39 is 16.0 Å². The van der Waals surface area contributed by atoms with E-state index in [1.54, 1.807) is 12.1 Å². The Morgan fingerprint density at radius 3 is 2.20 bits per heavy atom. The Morgan fingerprint density at radius 1 is 1.04 bits per heavy atom. The van der Waals surface area contributed by atoms with Crippen molar-refractivity contribution in [2.45, 2.75) is 11.8 Å². The van der Waals surface area contributed by atoms with E-state index in [4.69, 9.17) is 11.6 Å². The number of nitrogens with one attached hydrogen (secondary N) is 2. The first kappa shape index (κ1) is 18.8. The van der Waals surface area contributed by atoms with E-state index in [2.05, 4.69) is 14.8 Å². The smallest absolute Gasteiger partial charge is 0.337 e. The van der Waals surface area contributed by atoms with Gasteiger partial charge in [-0.2, -0.15) is 0 Å². The van der Waals surface area contributed by atoms with Gasteiger partial charge in [0.05, 0.1) is 17.7 Å². The molecule has 0 aromatic heterocycles. The van der Waals surface area contributed by atoms with Crippen LogP contribution in [0.4, 0.5) is 11.4 Å². The predicted octanol–water partition coefficient (Wildman–Crippen LogP) is 2.89. The van der Waals surface area contributed by atoms with Crippen LogP contribution in [0.1, 0.15) is 17.3 Å². The molecule has 2 aromatic rings. The maximum Gasteiger partial charge on any atom is 0.337 e. The number of rotatable bonds is 5. The molecule has 132 valence electrons. The largest absolute Gasteiger partial charge is 0.465 e. The lowest BCUT2D eigenvalue weighted by atomic mass is 10.2. The van der Waals surface area contributed by atoms with Crippen molar-refractivity contribution in [3.8, 4) is 0 Å². The zero-order valence-electron chi connectivity index (χ0n) is 13.4. The Morgan fingerprint density at radius 2 is 1.64 bits per heavy atom. The van der Waals surface area contributed by atoms with Gasteiger partial charge >= 0.3 is 5.97 Å². The minimum absolute atomic E-state index is 0.0324. The highest BCUT2D eigenvalue weighted by molar-refractivity contribution is 7.92. The molecule has 0 radical (unpaired) electrons. The van der Waals surface area contributed by atoms with Crippen LogP contribution in [0.15, 0.2) is 47.4 Å². The van der Waals surface area contributed by atoms with Gasteiger partial charge in [0.2, 0.25) is 5.91 Å². The average Bonchev–Trinajstić information content (AvgIpc) is 2.55. The second kappa shape index (κ2) is 7.54. The number of benzene rings is 2. The van der Waals surface area contributed by atoms with Crippen LogP contribution >= 0.6 is 11.6 Å². The highest BCUT2D eigenvalue weighted by Gasteiger charge is 2.20. The van der Waals surface area contributed by atoms with Crippen molar-refractivity contribution in [2.24, 2.45) is 0 Å². The number of esters is 1. The number of anilines is 2. The monoisotopic (exact) mass is 382 g/mol. The topological polar surface area (TPSA) is 102 Å². The molecular formula is C16H15ClN2O5S. The van der Waals surface area contributed by atoms with Crippen LogP contribution in [0.2, 0.25) is 5.02 Å². The molecule has 0 aliphatic rings. The fourth-order valence-corrected chi connectivity index (χ4v) is 3.57. The lowest BCUT2D eigenvalue weighted by Gasteiger charge is -2.11. The summed E-state index contributed by atoms with van der Waals surface area (Å²) in [5, 5.41) is 2.54. The Bertz CT molecular complexity index is 911. The van der Waals surface area contributed by atoms with E-state index in [0.717, 1.165) is 6.07 Å². The summed E-state index contributed by atoms with van der Waals surface area (Å²) in [4.78, 5) is 22.3. The molecule has 0 unspecified atom stereocenters. The van der Waals surface area contributed by atoms with Crippen molar-refractivity contribution in [3.63, 3.8) is 0 Å². The van der Waals surface area contributed by atoms with E-state index in [9.17, 15) is 18.0 Å². The Hall–Kier alpha value is -2.58. The Balaban J connectivity index is 2.30. The van der Waals surface area contributed by atoms with Crippen LogP contribution in [0, 0.1) is 0 Å². The maximum absolute atomic E-state index is 12.5. The van der Waals surface area contributed by atoms with Crippen LogP contribution in [-0.4, -0.2) is 27.4 Å². The summed E-state index contributed by atoms with van der Waals surface area (Å²) in [7, 11) is -2.83. The zero-order valence-corrected chi connectivity index (χ0v) is 14.9. The van der Waals surface area contributed by atoms with Crippen LogP contribution in [0.25, 0.3) is 0 Å². The molecule has 2 N–H and O–H groups in total. The molecule has 0 atom stereocenters. The number of hydrogen-bond acceptors (Lipinski definition) is 5. The summed E-state index contributed by atoms with van der Waals surface area (Å²) in [6, 6.07) is 9.89. The third-order valence-corrected chi connectivity index (χ3v) is 4.96. The molecule has 0 aliphatic carbocycles. The molecule has 7 nitrogen and oxygen atoms in total.